The number of pyridine rings is 2. The molecule has 0 fully saturated rings. The number of fused-ring (bicyclic) bond motifs is 2. The predicted octanol–water partition coefficient (Wildman–Crippen LogP) is 6.24. The number of hydrogen-bond donors (Lipinski definition) is 4. The first-order chi connectivity index (χ1) is 16.7. The Morgan fingerprint density at radius 3 is 2.35 bits per heavy atom. The van der Waals surface area contributed by atoms with E-state index in [-0.39, 0.29) is 0 Å². The average Bonchev–Trinajstić information content (AvgIpc) is 3.28. The van der Waals surface area contributed by atoms with Gasteiger partial charge in [0.1, 0.15) is 11.6 Å². The molecule has 0 atom stereocenters. The molecule has 0 radical (unpaired) electrons. The number of H-pyrrole nitrogens is 1. The van der Waals surface area contributed by atoms with Gasteiger partial charge in [0.2, 0.25) is 0 Å². The number of hydrogen-bond acceptors (Lipinski definition) is 6. The fraction of sp³-hybridized carbons (Fsp3) is 0. The minimum absolute atomic E-state index is 0.475. The van der Waals surface area contributed by atoms with E-state index < -0.39 is 0 Å². The Hall–Kier alpha value is -4.91. The first-order valence-corrected chi connectivity index (χ1v) is 10.9. The molecule has 0 unspecified atom stereocenters. The van der Waals surface area contributed by atoms with Crippen molar-refractivity contribution < 1.29 is 0 Å². The second-order valence-electron chi connectivity index (χ2n) is 7.99. The SMILES string of the molecule is Nc1cc(Nc2ccc3[nH]c(-c4ccc(Nc5ccnc6ccccc56)cc4)nc3c2)ccn1. The van der Waals surface area contributed by atoms with Crippen LogP contribution in [0, 0.1) is 0 Å². The predicted molar refractivity (Wildman–Crippen MR) is 138 cm³/mol. The Bertz CT molecular complexity index is 1610. The molecule has 6 aromatic rings. The van der Waals surface area contributed by atoms with E-state index in [1.807, 2.05) is 54.7 Å². The van der Waals surface area contributed by atoms with Crippen LogP contribution in [0.1, 0.15) is 0 Å². The number of imidazole rings is 1. The number of aromatic amines is 1. The molecule has 3 aromatic carbocycles. The molecular weight excluding hydrogens is 422 g/mol. The first kappa shape index (κ1) is 19.8. The molecule has 7 nitrogen and oxygen atoms in total. The smallest absolute Gasteiger partial charge is 0.138 e. The van der Waals surface area contributed by atoms with Crippen LogP contribution >= 0.6 is 0 Å². The summed E-state index contributed by atoms with van der Waals surface area (Å²) < 4.78 is 0. The topological polar surface area (TPSA) is 105 Å². The van der Waals surface area contributed by atoms with E-state index in [1.165, 1.54) is 0 Å². The summed E-state index contributed by atoms with van der Waals surface area (Å²) in [4.78, 5) is 16.7. The van der Waals surface area contributed by atoms with Crippen molar-refractivity contribution in [3.05, 3.63) is 97.3 Å². The summed E-state index contributed by atoms with van der Waals surface area (Å²) in [5.74, 6) is 1.30. The summed E-state index contributed by atoms with van der Waals surface area (Å²) in [5, 5.41) is 7.93. The number of nitrogen functional groups attached to an aromatic ring is 1. The van der Waals surface area contributed by atoms with Crippen molar-refractivity contribution in [1.82, 2.24) is 19.9 Å². The van der Waals surface area contributed by atoms with E-state index in [4.69, 9.17) is 10.7 Å². The number of anilines is 5. The summed E-state index contributed by atoms with van der Waals surface area (Å²) in [6.07, 6.45) is 3.50. The molecule has 0 aliphatic rings. The summed E-state index contributed by atoms with van der Waals surface area (Å²) in [6, 6.07) is 28.0. The quantitative estimate of drug-likeness (QED) is 0.251. The van der Waals surface area contributed by atoms with Crippen molar-refractivity contribution >= 4 is 50.5 Å². The summed E-state index contributed by atoms with van der Waals surface area (Å²) in [7, 11) is 0. The van der Waals surface area contributed by atoms with Crippen LogP contribution < -0.4 is 16.4 Å². The zero-order valence-electron chi connectivity index (χ0n) is 18.2. The molecule has 164 valence electrons. The van der Waals surface area contributed by atoms with Gasteiger partial charge in [-0.1, -0.05) is 18.2 Å². The summed E-state index contributed by atoms with van der Waals surface area (Å²) >= 11 is 0. The highest BCUT2D eigenvalue weighted by Gasteiger charge is 2.08. The monoisotopic (exact) mass is 443 g/mol. The van der Waals surface area contributed by atoms with Crippen molar-refractivity contribution in [2.24, 2.45) is 0 Å². The zero-order chi connectivity index (χ0) is 22.9. The maximum atomic E-state index is 5.77. The van der Waals surface area contributed by atoms with Crippen LogP contribution in [0.15, 0.2) is 97.3 Å². The summed E-state index contributed by atoms with van der Waals surface area (Å²) in [6.45, 7) is 0. The van der Waals surface area contributed by atoms with Crippen molar-refractivity contribution in [3.8, 4) is 11.4 Å². The van der Waals surface area contributed by atoms with Crippen LogP contribution in [0.4, 0.5) is 28.6 Å². The van der Waals surface area contributed by atoms with Gasteiger partial charge >= 0.3 is 0 Å². The molecule has 0 aliphatic carbocycles. The number of nitrogens with one attached hydrogen (secondary N) is 3. The van der Waals surface area contributed by atoms with Crippen LogP contribution in [0.2, 0.25) is 0 Å². The van der Waals surface area contributed by atoms with Gasteiger partial charge in [0.15, 0.2) is 0 Å². The fourth-order valence-corrected chi connectivity index (χ4v) is 3.98. The lowest BCUT2D eigenvalue weighted by molar-refractivity contribution is 1.33. The standard InChI is InChI=1S/C27H21N7/c28-26-16-20(11-13-30-26)31-19-9-10-24-25(15-19)34-27(33-24)17-5-7-18(8-6-17)32-23-12-14-29-22-4-2-1-3-21(22)23/h1-16H,(H,29,32)(H,33,34)(H3,28,30,31). The average molecular weight is 444 g/mol. The van der Waals surface area contributed by atoms with Crippen LogP contribution in [0.25, 0.3) is 33.3 Å². The molecule has 7 heteroatoms. The molecule has 0 aliphatic heterocycles. The third-order valence-electron chi connectivity index (χ3n) is 5.64. The van der Waals surface area contributed by atoms with Crippen molar-refractivity contribution in [2.45, 2.75) is 0 Å². The second kappa shape index (κ2) is 8.22. The Balaban J connectivity index is 1.24. The van der Waals surface area contributed by atoms with Gasteiger partial charge in [-0.25, -0.2) is 9.97 Å². The molecule has 6 rings (SSSR count). The highest BCUT2D eigenvalue weighted by molar-refractivity contribution is 5.92. The van der Waals surface area contributed by atoms with Gasteiger partial charge < -0.3 is 21.4 Å². The first-order valence-electron chi connectivity index (χ1n) is 10.9. The molecule has 0 saturated heterocycles. The van der Waals surface area contributed by atoms with E-state index in [9.17, 15) is 0 Å². The van der Waals surface area contributed by atoms with Crippen molar-refractivity contribution in [3.63, 3.8) is 0 Å². The Morgan fingerprint density at radius 1 is 0.676 bits per heavy atom. The fourth-order valence-electron chi connectivity index (χ4n) is 3.98. The number of rotatable bonds is 5. The van der Waals surface area contributed by atoms with Crippen molar-refractivity contribution in [2.75, 3.05) is 16.4 Å². The minimum Gasteiger partial charge on any atom is -0.384 e. The van der Waals surface area contributed by atoms with Crippen LogP contribution in [-0.4, -0.2) is 19.9 Å². The molecular formula is C27H21N7. The molecule has 0 spiro atoms. The molecule has 0 bridgehead atoms. The molecule has 0 saturated carbocycles. The second-order valence-corrected chi connectivity index (χ2v) is 7.99. The highest BCUT2D eigenvalue weighted by Crippen LogP contribution is 2.28. The molecule has 3 heterocycles. The van der Waals surface area contributed by atoms with Crippen LogP contribution in [0.5, 0.6) is 0 Å². The van der Waals surface area contributed by atoms with Gasteiger partial charge in [-0.05, 0) is 60.7 Å². The molecule has 34 heavy (non-hydrogen) atoms. The molecule has 3 aromatic heterocycles. The zero-order valence-corrected chi connectivity index (χ0v) is 18.2. The van der Waals surface area contributed by atoms with Crippen molar-refractivity contribution in [1.29, 1.82) is 0 Å². The van der Waals surface area contributed by atoms with Crippen LogP contribution in [-0.2, 0) is 0 Å². The normalized spacial score (nSPS) is 11.1. The van der Waals surface area contributed by atoms with Gasteiger partial charge in [-0.15, -0.1) is 0 Å². The minimum atomic E-state index is 0.475. The largest absolute Gasteiger partial charge is 0.384 e. The maximum absolute atomic E-state index is 5.77. The summed E-state index contributed by atoms with van der Waals surface area (Å²) in [5.41, 5.74) is 13.4. The van der Waals surface area contributed by atoms with Gasteiger partial charge in [0.05, 0.1) is 16.6 Å². The third-order valence-corrected chi connectivity index (χ3v) is 5.64. The Morgan fingerprint density at radius 2 is 1.47 bits per heavy atom. The lowest BCUT2D eigenvalue weighted by Gasteiger charge is -2.09. The van der Waals surface area contributed by atoms with E-state index in [0.717, 1.165) is 56.1 Å². The van der Waals surface area contributed by atoms with E-state index in [2.05, 4.69) is 55.9 Å². The number of nitrogens with zero attached hydrogens (tertiary/aromatic N) is 3. The lowest BCUT2D eigenvalue weighted by atomic mass is 10.1. The van der Waals surface area contributed by atoms with E-state index in [0.29, 0.717) is 5.82 Å². The molecule has 5 N–H and O–H groups in total. The number of nitrogens with two attached hydrogens (primary N) is 1. The Labute approximate surface area is 195 Å². The van der Waals surface area contributed by atoms with Gasteiger partial charge in [0, 0.05) is 52.2 Å². The maximum Gasteiger partial charge on any atom is 0.138 e. The Kier molecular flexibility index (Phi) is 4.77. The lowest BCUT2D eigenvalue weighted by Crippen LogP contribution is -1.94. The highest BCUT2D eigenvalue weighted by atomic mass is 14.9. The van der Waals surface area contributed by atoms with Crippen LogP contribution in [0.3, 0.4) is 0 Å². The van der Waals surface area contributed by atoms with Gasteiger partial charge in [-0.3, -0.25) is 4.98 Å². The van der Waals surface area contributed by atoms with Gasteiger partial charge in [0.25, 0.3) is 0 Å². The molecule has 0 amide bonds. The van der Waals surface area contributed by atoms with E-state index >= 15 is 0 Å². The third kappa shape index (κ3) is 3.86. The number of para-hydroxylation sites is 1. The van der Waals surface area contributed by atoms with Gasteiger partial charge in [-0.2, -0.15) is 0 Å². The van der Waals surface area contributed by atoms with E-state index in [1.54, 1.807) is 12.3 Å². The number of aromatic nitrogens is 4. The number of benzene rings is 3.